The summed E-state index contributed by atoms with van der Waals surface area (Å²) in [6, 6.07) is 11.9. The number of sulfonamides is 1. The Kier molecular flexibility index (Phi) is 5.69. The molecule has 1 atom stereocenters. The Bertz CT molecular complexity index is 847. The standard InChI is InChI=1S/C17H20N2O3S2/c1-11-4-9-16(12(2)10-11)23-13(3)17(20)19-14-5-7-15(8-6-14)24(18,21)22/h4-10,13H,1-3H3,(H,19,20)(H2,18,21,22)/t13-/m1/s1. The number of anilines is 1. The largest absolute Gasteiger partial charge is 0.325 e. The average molecular weight is 364 g/mol. The van der Waals surface area contributed by atoms with Crippen molar-refractivity contribution in [3.05, 3.63) is 53.6 Å². The zero-order chi connectivity index (χ0) is 17.9. The number of nitrogens with one attached hydrogen (secondary N) is 1. The van der Waals surface area contributed by atoms with Gasteiger partial charge in [-0.3, -0.25) is 4.79 Å². The van der Waals surface area contributed by atoms with E-state index in [1.54, 1.807) is 0 Å². The van der Waals surface area contributed by atoms with E-state index < -0.39 is 10.0 Å². The van der Waals surface area contributed by atoms with Gasteiger partial charge in [0.15, 0.2) is 0 Å². The molecule has 2 aromatic rings. The second-order valence-corrected chi connectivity index (χ2v) is 8.53. The molecule has 2 aromatic carbocycles. The Morgan fingerprint density at radius 2 is 1.75 bits per heavy atom. The zero-order valence-corrected chi connectivity index (χ0v) is 15.4. The second-order valence-electron chi connectivity index (χ2n) is 5.59. The van der Waals surface area contributed by atoms with Crippen LogP contribution in [0.25, 0.3) is 0 Å². The van der Waals surface area contributed by atoms with Crippen LogP contribution in [-0.4, -0.2) is 19.6 Å². The molecule has 5 nitrogen and oxygen atoms in total. The van der Waals surface area contributed by atoms with Crippen LogP contribution >= 0.6 is 11.8 Å². The van der Waals surface area contributed by atoms with Crippen LogP contribution in [0.15, 0.2) is 52.3 Å². The van der Waals surface area contributed by atoms with Crippen molar-refractivity contribution in [3.8, 4) is 0 Å². The summed E-state index contributed by atoms with van der Waals surface area (Å²) in [7, 11) is -3.73. The van der Waals surface area contributed by atoms with Crippen molar-refractivity contribution in [1.29, 1.82) is 0 Å². The highest BCUT2D eigenvalue weighted by Gasteiger charge is 2.16. The van der Waals surface area contributed by atoms with E-state index in [9.17, 15) is 13.2 Å². The highest BCUT2D eigenvalue weighted by molar-refractivity contribution is 8.00. The van der Waals surface area contributed by atoms with Crippen LogP contribution in [0.2, 0.25) is 0 Å². The SMILES string of the molecule is Cc1ccc(S[C@H](C)C(=O)Nc2ccc(S(N)(=O)=O)cc2)c(C)c1. The van der Waals surface area contributed by atoms with E-state index >= 15 is 0 Å². The van der Waals surface area contributed by atoms with Crippen molar-refractivity contribution in [1.82, 2.24) is 0 Å². The molecule has 2 rings (SSSR count). The van der Waals surface area contributed by atoms with Gasteiger partial charge in [-0.2, -0.15) is 0 Å². The van der Waals surface area contributed by atoms with Gasteiger partial charge in [0.2, 0.25) is 15.9 Å². The number of rotatable bonds is 5. The van der Waals surface area contributed by atoms with Gasteiger partial charge in [0, 0.05) is 10.6 Å². The maximum Gasteiger partial charge on any atom is 0.238 e. The monoisotopic (exact) mass is 364 g/mol. The molecule has 0 aliphatic rings. The Morgan fingerprint density at radius 1 is 1.12 bits per heavy atom. The molecule has 0 spiro atoms. The number of primary sulfonamides is 1. The highest BCUT2D eigenvalue weighted by Crippen LogP contribution is 2.28. The molecule has 0 bridgehead atoms. The van der Waals surface area contributed by atoms with Gasteiger partial charge in [-0.05, 0) is 56.7 Å². The predicted molar refractivity (Wildman–Crippen MR) is 97.7 cm³/mol. The minimum absolute atomic E-state index is 0.0122. The number of carbonyl (C=O) groups excluding carboxylic acids is 1. The first-order chi connectivity index (χ1) is 11.2. The minimum Gasteiger partial charge on any atom is -0.325 e. The van der Waals surface area contributed by atoms with Crippen LogP contribution < -0.4 is 10.5 Å². The molecule has 24 heavy (non-hydrogen) atoms. The summed E-state index contributed by atoms with van der Waals surface area (Å²) in [5.74, 6) is -0.150. The van der Waals surface area contributed by atoms with Gasteiger partial charge >= 0.3 is 0 Å². The van der Waals surface area contributed by atoms with Crippen molar-refractivity contribution in [2.45, 2.75) is 35.8 Å². The summed E-state index contributed by atoms with van der Waals surface area (Å²) >= 11 is 1.49. The van der Waals surface area contributed by atoms with Crippen LogP contribution in [0.1, 0.15) is 18.1 Å². The Hall–Kier alpha value is -1.83. The van der Waals surface area contributed by atoms with Crippen LogP contribution in [0.5, 0.6) is 0 Å². The van der Waals surface area contributed by atoms with Crippen molar-refractivity contribution < 1.29 is 13.2 Å². The quantitative estimate of drug-likeness (QED) is 0.798. The third-order valence-electron chi connectivity index (χ3n) is 3.45. The van der Waals surface area contributed by atoms with Crippen LogP contribution in [-0.2, 0) is 14.8 Å². The smallest absolute Gasteiger partial charge is 0.238 e. The first kappa shape index (κ1) is 18.5. The third kappa shape index (κ3) is 4.83. The molecular weight excluding hydrogens is 344 g/mol. The molecule has 0 aliphatic carbocycles. The summed E-state index contributed by atoms with van der Waals surface area (Å²) < 4.78 is 22.4. The van der Waals surface area contributed by atoms with Crippen molar-refractivity contribution in [3.63, 3.8) is 0 Å². The average Bonchev–Trinajstić information content (AvgIpc) is 2.49. The van der Waals surface area contributed by atoms with E-state index in [0.717, 1.165) is 10.5 Å². The van der Waals surface area contributed by atoms with E-state index in [2.05, 4.69) is 11.4 Å². The Labute approximate surface area is 146 Å². The molecule has 7 heteroatoms. The molecule has 0 aromatic heterocycles. The number of benzene rings is 2. The maximum atomic E-state index is 12.3. The predicted octanol–water partition coefficient (Wildman–Crippen LogP) is 3.07. The second kappa shape index (κ2) is 7.38. The minimum atomic E-state index is -3.73. The Balaban J connectivity index is 2.03. The number of hydrogen-bond donors (Lipinski definition) is 2. The number of aryl methyl sites for hydroxylation is 2. The molecule has 3 N–H and O–H groups in total. The van der Waals surface area contributed by atoms with Gasteiger partial charge in [-0.25, -0.2) is 13.6 Å². The molecule has 0 radical (unpaired) electrons. The fourth-order valence-electron chi connectivity index (χ4n) is 2.15. The fraction of sp³-hybridized carbons (Fsp3) is 0.235. The lowest BCUT2D eigenvalue weighted by Gasteiger charge is -2.14. The summed E-state index contributed by atoms with van der Waals surface area (Å²) in [5.41, 5.74) is 2.85. The van der Waals surface area contributed by atoms with Gasteiger partial charge in [0.1, 0.15) is 0 Å². The number of thioether (sulfide) groups is 1. The Morgan fingerprint density at radius 3 is 2.29 bits per heavy atom. The van der Waals surface area contributed by atoms with Gasteiger partial charge in [0.05, 0.1) is 10.1 Å². The molecule has 0 heterocycles. The van der Waals surface area contributed by atoms with Crippen molar-refractivity contribution >= 4 is 33.4 Å². The maximum absolute atomic E-state index is 12.3. The first-order valence-electron chi connectivity index (χ1n) is 7.34. The highest BCUT2D eigenvalue weighted by atomic mass is 32.2. The van der Waals surface area contributed by atoms with Crippen molar-refractivity contribution in [2.75, 3.05) is 5.32 Å². The molecule has 128 valence electrons. The van der Waals surface area contributed by atoms with Crippen LogP contribution in [0.4, 0.5) is 5.69 Å². The number of hydrogen-bond acceptors (Lipinski definition) is 4. The summed E-state index contributed by atoms with van der Waals surface area (Å²) in [4.78, 5) is 13.4. The van der Waals surface area contributed by atoms with E-state index in [4.69, 9.17) is 5.14 Å². The number of amides is 1. The molecule has 1 amide bonds. The van der Waals surface area contributed by atoms with E-state index in [0.29, 0.717) is 5.69 Å². The lowest BCUT2D eigenvalue weighted by atomic mass is 10.2. The van der Waals surface area contributed by atoms with Gasteiger partial charge < -0.3 is 5.32 Å². The summed E-state index contributed by atoms with van der Waals surface area (Å²) in [6.07, 6.45) is 0. The van der Waals surface area contributed by atoms with Crippen molar-refractivity contribution in [2.24, 2.45) is 5.14 Å². The summed E-state index contributed by atoms with van der Waals surface area (Å²) in [5, 5.41) is 7.54. The summed E-state index contributed by atoms with van der Waals surface area (Å²) in [6.45, 7) is 5.88. The zero-order valence-electron chi connectivity index (χ0n) is 13.7. The van der Waals surface area contributed by atoms with Crippen LogP contribution in [0, 0.1) is 13.8 Å². The molecule has 0 saturated carbocycles. The number of nitrogens with two attached hydrogens (primary N) is 1. The van der Waals surface area contributed by atoms with E-state index in [1.807, 2.05) is 32.9 Å². The molecule has 0 unspecified atom stereocenters. The van der Waals surface area contributed by atoms with E-state index in [1.165, 1.54) is 41.6 Å². The molecule has 0 fully saturated rings. The third-order valence-corrected chi connectivity index (χ3v) is 5.66. The fourth-order valence-corrected chi connectivity index (χ4v) is 3.60. The lowest BCUT2D eigenvalue weighted by Crippen LogP contribution is -2.22. The lowest BCUT2D eigenvalue weighted by molar-refractivity contribution is -0.115. The number of carbonyl (C=O) groups is 1. The first-order valence-corrected chi connectivity index (χ1v) is 9.77. The van der Waals surface area contributed by atoms with E-state index in [-0.39, 0.29) is 16.1 Å². The van der Waals surface area contributed by atoms with Gasteiger partial charge in [-0.1, -0.05) is 17.7 Å². The molecular formula is C17H20N2O3S2. The topological polar surface area (TPSA) is 89.3 Å². The van der Waals surface area contributed by atoms with Gasteiger partial charge in [0.25, 0.3) is 0 Å². The normalized spacial score (nSPS) is 12.7. The van der Waals surface area contributed by atoms with Gasteiger partial charge in [-0.15, -0.1) is 11.8 Å². The molecule has 0 aliphatic heterocycles. The molecule has 0 saturated heterocycles. The van der Waals surface area contributed by atoms with Crippen LogP contribution in [0.3, 0.4) is 0 Å².